The molecular formula is C28H31ClN4O3. The molecule has 2 aromatic rings. The summed E-state index contributed by atoms with van der Waals surface area (Å²) < 4.78 is 6.25. The standard InChI is InChI=1S/C28H31ClN4O3/c29-22-9-5-4-6-20(22)18-33-19-28-11-10-23(36-28)24(25(28)27(33)35)26(34)30-12-13-31-14-16-32(17-15-31)21-7-2-1-3-8-21/h1-11,23-25H,12-19H2,(H,30,34)/t23-,24-,25-,28-/m0/s1. The number of halogens is 1. The summed E-state index contributed by atoms with van der Waals surface area (Å²) in [4.78, 5) is 33.3. The molecule has 2 amide bonds. The molecule has 188 valence electrons. The van der Waals surface area contributed by atoms with Gasteiger partial charge in [0.15, 0.2) is 0 Å². The SMILES string of the molecule is O=C(NCCN1CCN(c2ccccc2)CC1)[C@H]1[C@@H]2C=C[C@@]3(CN(Cc4ccccc4Cl)C(=O)[C@H]13)O2. The summed E-state index contributed by atoms with van der Waals surface area (Å²) in [6, 6.07) is 18.0. The molecule has 4 aliphatic rings. The molecule has 3 fully saturated rings. The number of piperazine rings is 1. The van der Waals surface area contributed by atoms with E-state index in [2.05, 4.69) is 39.4 Å². The molecule has 7 nitrogen and oxygen atoms in total. The van der Waals surface area contributed by atoms with E-state index in [0.717, 1.165) is 38.3 Å². The quantitative estimate of drug-likeness (QED) is 0.585. The highest BCUT2D eigenvalue weighted by atomic mass is 35.5. The lowest BCUT2D eigenvalue weighted by Crippen LogP contribution is -2.50. The van der Waals surface area contributed by atoms with E-state index in [0.29, 0.717) is 24.7 Å². The van der Waals surface area contributed by atoms with Crippen LogP contribution in [0.4, 0.5) is 5.69 Å². The molecule has 0 unspecified atom stereocenters. The summed E-state index contributed by atoms with van der Waals surface area (Å²) in [5, 5.41) is 3.74. The van der Waals surface area contributed by atoms with Gasteiger partial charge in [0.05, 0.1) is 24.5 Å². The molecule has 4 aliphatic heterocycles. The van der Waals surface area contributed by atoms with Crippen molar-refractivity contribution >= 4 is 29.1 Å². The third kappa shape index (κ3) is 4.19. The number of ether oxygens (including phenoxy) is 1. The van der Waals surface area contributed by atoms with E-state index in [4.69, 9.17) is 16.3 Å². The second-order valence-corrected chi connectivity index (χ2v) is 10.5. The van der Waals surface area contributed by atoms with E-state index in [1.54, 1.807) is 4.90 Å². The molecule has 2 bridgehead atoms. The Morgan fingerprint density at radius 3 is 2.58 bits per heavy atom. The summed E-state index contributed by atoms with van der Waals surface area (Å²) in [5.41, 5.74) is 1.45. The molecule has 3 saturated heterocycles. The fourth-order valence-electron chi connectivity index (χ4n) is 6.17. The molecule has 6 rings (SSSR count). The normalized spacial score (nSPS) is 29.1. The van der Waals surface area contributed by atoms with Gasteiger partial charge in [-0.25, -0.2) is 0 Å². The van der Waals surface area contributed by atoms with Crippen molar-refractivity contribution in [3.63, 3.8) is 0 Å². The first-order chi connectivity index (χ1) is 17.5. The Morgan fingerprint density at radius 2 is 1.81 bits per heavy atom. The minimum Gasteiger partial charge on any atom is -0.369 e. The minimum absolute atomic E-state index is 0.0287. The number of rotatable bonds is 7. The van der Waals surface area contributed by atoms with Gasteiger partial charge in [-0.15, -0.1) is 0 Å². The van der Waals surface area contributed by atoms with Crippen LogP contribution in [-0.2, 0) is 20.9 Å². The average Bonchev–Trinajstić information content (AvgIpc) is 3.54. The zero-order chi connectivity index (χ0) is 24.7. The highest BCUT2D eigenvalue weighted by molar-refractivity contribution is 6.31. The number of nitrogens with one attached hydrogen (secondary N) is 1. The number of para-hydroxylation sites is 1. The number of benzene rings is 2. The smallest absolute Gasteiger partial charge is 0.230 e. The fourth-order valence-corrected chi connectivity index (χ4v) is 6.36. The van der Waals surface area contributed by atoms with Crippen LogP contribution in [0.25, 0.3) is 0 Å². The Labute approximate surface area is 216 Å². The lowest BCUT2D eigenvalue weighted by molar-refractivity contribution is -0.137. The Bertz CT molecular complexity index is 1170. The second kappa shape index (κ2) is 9.54. The van der Waals surface area contributed by atoms with Crippen molar-refractivity contribution in [2.24, 2.45) is 11.8 Å². The Balaban J connectivity index is 1.03. The van der Waals surface area contributed by atoms with Gasteiger partial charge in [-0.05, 0) is 23.8 Å². The van der Waals surface area contributed by atoms with Crippen LogP contribution in [0.1, 0.15) is 5.56 Å². The first kappa shape index (κ1) is 23.5. The van der Waals surface area contributed by atoms with Crippen molar-refractivity contribution in [1.29, 1.82) is 0 Å². The number of amides is 2. The monoisotopic (exact) mass is 506 g/mol. The van der Waals surface area contributed by atoms with Crippen molar-refractivity contribution < 1.29 is 14.3 Å². The maximum absolute atomic E-state index is 13.4. The van der Waals surface area contributed by atoms with Crippen LogP contribution >= 0.6 is 11.6 Å². The zero-order valence-corrected chi connectivity index (χ0v) is 20.9. The number of fused-ring (bicyclic) bond motifs is 1. The summed E-state index contributed by atoms with van der Waals surface area (Å²) >= 11 is 6.33. The number of likely N-dealkylation sites (tertiary alicyclic amines) is 1. The molecule has 2 aromatic carbocycles. The number of hydrogen-bond acceptors (Lipinski definition) is 5. The summed E-state index contributed by atoms with van der Waals surface area (Å²) in [6.07, 6.45) is 3.61. The Morgan fingerprint density at radius 1 is 1.06 bits per heavy atom. The summed E-state index contributed by atoms with van der Waals surface area (Å²) in [7, 11) is 0. The number of anilines is 1. The van der Waals surface area contributed by atoms with E-state index in [1.165, 1.54) is 5.69 Å². The average molecular weight is 507 g/mol. The lowest BCUT2D eigenvalue weighted by atomic mass is 9.77. The lowest BCUT2D eigenvalue weighted by Gasteiger charge is -2.36. The molecule has 0 radical (unpaired) electrons. The number of carbonyl (C=O) groups excluding carboxylic acids is 2. The van der Waals surface area contributed by atoms with Crippen LogP contribution in [0.3, 0.4) is 0 Å². The predicted molar refractivity (Wildman–Crippen MR) is 139 cm³/mol. The van der Waals surface area contributed by atoms with Crippen LogP contribution in [0.5, 0.6) is 0 Å². The van der Waals surface area contributed by atoms with Gasteiger partial charge >= 0.3 is 0 Å². The highest BCUT2D eigenvalue weighted by Gasteiger charge is 2.66. The zero-order valence-electron chi connectivity index (χ0n) is 20.2. The van der Waals surface area contributed by atoms with E-state index in [-0.39, 0.29) is 17.9 Å². The minimum atomic E-state index is -0.710. The molecule has 4 atom stereocenters. The van der Waals surface area contributed by atoms with Crippen LogP contribution in [-0.4, -0.2) is 79.1 Å². The van der Waals surface area contributed by atoms with Crippen LogP contribution < -0.4 is 10.2 Å². The first-order valence-corrected chi connectivity index (χ1v) is 13.1. The third-order valence-corrected chi connectivity index (χ3v) is 8.39. The summed E-state index contributed by atoms with van der Waals surface area (Å²) in [5.74, 6) is -1.09. The Kier molecular flexibility index (Phi) is 6.23. The van der Waals surface area contributed by atoms with Gasteiger partial charge in [0.1, 0.15) is 5.60 Å². The first-order valence-electron chi connectivity index (χ1n) is 12.7. The van der Waals surface area contributed by atoms with Crippen molar-refractivity contribution in [2.75, 3.05) is 50.7 Å². The van der Waals surface area contributed by atoms with Crippen molar-refractivity contribution in [1.82, 2.24) is 15.1 Å². The number of carbonyl (C=O) groups is 2. The molecular weight excluding hydrogens is 476 g/mol. The molecule has 1 spiro atoms. The van der Waals surface area contributed by atoms with Gasteiger partial charge in [0.2, 0.25) is 11.8 Å². The number of hydrogen-bond donors (Lipinski definition) is 1. The topological polar surface area (TPSA) is 65.1 Å². The van der Waals surface area contributed by atoms with Gasteiger partial charge in [0, 0.05) is 56.5 Å². The van der Waals surface area contributed by atoms with Crippen molar-refractivity contribution in [3.05, 3.63) is 77.3 Å². The number of nitrogens with zero attached hydrogens (tertiary/aromatic N) is 3. The maximum Gasteiger partial charge on any atom is 0.230 e. The molecule has 36 heavy (non-hydrogen) atoms. The maximum atomic E-state index is 13.4. The van der Waals surface area contributed by atoms with E-state index >= 15 is 0 Å². The molecule has 0 saturated carbocycles. The predicted octanol–water partition coefficient (Wildman–Crippen LogP) is 2.56. The molecule has 0 aromatic heterocycles. The molecule has 0 aliphatic carbocycles. The second-order valence-electron chi connectivity index (χ2n) is 10.1. The van der Waals surface area contributed by atoms with E-state index in [9.17, 15) is 9.59 Å². The van der Waals surface area contributed by atoms with Gasteiger partial charge in [-0.2, -0.15) is 0 Å². The van der Waals surface area contributed by atoms with Crippen LogP contribution in [0, 0.1) is 11.8 Å². The van der Waals surface area contributed by atoms with E-state index in [1.807, 2.05) is 42.5 Å². The molecule has 1 N–H and O–H groups in total. The van der Waals surface area contributed by atoms with E-state index < -0.39 is 17.4 Å². The van der Waals surface area contributed by atoms with Crippen LogP contribution in [0.15, 0.2) is 66.7 Å². The highest BCUT2D eigenvalue weighted by Crippen LogP contribution is 2.52. The van der Waals surface area contributed by atoms with Gasteiger partial charge < -0.3 is 19.9 Å². The summed E-state index contributed by atoms with van der Waals surface area (Å²) in [6.45, 7) is 6.10. The molecule has 8 heteroatoms. The van der Waals surface area contributed by atoms with Crippen molar-refractivity contribution in [3.8, 4) is 0 Å². The fraction of sp³-hybridized carbons (Fsp3) is 0.429. The van der Waals surface area contributed by atoms with Crippen molar-refractivity contribution in [2.45, 2.75) is 18.2 Å². The van der Waals surface area contributed by atoms with Gasteiger partial charge in [-0.1, -0.05) is 60.2 Å². The molecule has 4 heterocycles. The Hall–Kier alpha value is -2.87. The largest absolute Gasteiger partial charge is 0.369 e. The van der Waals surface area contributed by atoms with Gasteiger partial charge in [0.25, 0.3) is 0 Å². The van der Waals surface area contributed by atoms with Gasteiger partial charge in [-0.3, -0.25) is 14.5 Å². The van der Waals surface area contributed by atoms with Crippen LogP contribution in [0.2, 0.25) is 5.02 Å². The third-order valence-electron chi connectivity index (χ3n) is 8.02.